The first-order valence-electron chi connectivity index (χ1n) is 22.3. The van der Waals surface area contributed by atoms with Crippen LogP contribution in [0.25, 0.3) is 0 Å². The number of hydrogen-bond acceptors (Lipinski definition) is 7. The van der Waals surface area contributed by atoms with Gasteiger partial charge in [-0.3, -0.25) is 13.8 Å². The number of phosphoric ester groups is 1. The highest BCUT2D eigenvalue weighted by Gasteiger charge is 2.25. The second kappa shape index (κ2) is 43.3. The molecule has 320 valence electrons. The molecule has 0 radical (unpaired) electrons. The Balaban J connectivity index is 3.99. The predicted octanol–water partition coefficient (Wildman–Crippen LogP) is 13.4. The standard InChI is InChI=1S/C46H84NO7P/c1-3-5-7-9-11-13-15-17-18-19-20-21-22-23-24-25-26-27-29-31-33-35-37-39-46(48)54-45(44-53-55(49,50)52-42-40-47)43-51-41-38-36-34-32-30-28-16-14-12-10-8-6-4-2/h5,7,11-14,17-18,20-21,45H,3-4,6,8-10,15-16,19,22-44,47H2,1-2H3,(H,49,50)/b7-5-,13-11-,14-12-,18-17-,21-20-. The third-order valence-electron chi connectivity index (χ3n) is 9.17. The van der Waals surface area contributed by atoms with Crippen LogP contribution in [-0.2, 0) is 27.9 Å². The zero-order valence-electron chi connectivity index (χ0n) is 35.4. The van der Waals surface area contributed by atoms with E-state index in [1.54, 1.807) is 0 Å². The highest BCUT2D eigenvalue weighted by Crippen LogP contribution is 2.43. The van der Waals surface area contributed by atoms with Crippen molar-refractivity contribution in [1.29, 1.82) is 0 Å². The topological polar surface area (TPSA) is 117 Å². The molecule has 0 saturated carbocycles. The third kappa shape index (κ3) is 43.2. The summed E-state index contributed by atoms with van der Waals surface area (Å²) in [7, 11) is -4.28. The summed E-state index contributed by atoms with van der Waals surface area (Å²) < 4.78 is 33.4. The summed E-state index contributed by atoms with van der Waals surface area (Å²) in [6.45, 7) is 4.77. The van der Waals surface area contributed by atoms with Crippen molar-refractivity contribution in [2.24, 2.45) is 5.73 Å². The number of esters is 1. The largest absolute Gasteiger partial charge is 0.472 e. The van der Waals surface area contributed by atoms with Gasteiger partial charge in [-0.15, -0.1) is 0 Å². The number of carbonyl (C=O) groups excluding carboxylic acids is 1. The molecule has 0 rings (SSSR count). The number of carbonyl (C=O) groups is 1. The van der Waals surface area contributed by atoms with Gasteiger partial charge in [0.15, 0.2) is 0 Å². The molecule has 0 aromatic carbocycles. The van der Waals surface area contributed by atoms with Crippen molar-refractivity contribution in [3.8, 4) is 0 Å². The van der Waals surface area contributed by atoms with E-state index in [2.05, 4.69) is 74.6 Å². The lowest BCUT2D eigenvalue weighted by atomic mass is 10.0. The van der Waals surface area contributed by atoms with Gasteiger partial charge >= 0.3 is 13.8 Å². The molecule has 3 N–H and O–H groups in total. The first-order valence-corrected chi connectivity index (χ1v) is 23.8. The van der Waals surface area contributed by atoms with Crippen LogP contribution in [0.1, 0.15) is 187 Å². The molecule has 8 nitrogen and oxygen atoms in total. The molecule has 0 spiro atoms. The first kappa shape index (κ1) is 53.2. The minimum Gasteiger partial charge on any atom is -0.457 e. The molecule has 0 aliphatic carbocycles. The fraction of sp³-hybridized carbons (Fsp3) is 0.761. The molecule has 55 heavy (non-hydrogen) atoms. The normalized spacial score (nSPS) is 14.0. The molecule has 0 aliphatic heterocycles. The summed E-state index contributed by atoms with van der Waals surface area (Å²) in [4.78, 5) is 22.5. The van der Waals surface area contributed by atoms with Gasteiger partial charge < -0.3 is 20.1 Å². The summed E-state index contributed by atoms with van der Waals surface area (Å²) in [6.07, 6.45) is 52.4. The molecular formula is C46H84NO7P. The fourth-order valence-electron chi connectivity index (χ4n) is 5.92. The van der Waals surface area contributed by atoms with E-state index in [-0.39, 0.29) is 32.3 Å². The van der Waals surface area contributed by atoms with Crippen LogP contribution in [0.4, 0.5) is 0 Å². The first-order chi connectivity index (χ1) is 26.9. The smallest absolute Gasteiger partial charge is 0.457 e. The average molecular weight is 794 g/mol. The molecule has 0 fully saturated rings. The van der Waals surface area contributed by atoms with Gasteiger partial charge in [-0.2, -0.15) is 0 Å². The number of unbranched alkanes of at least 4 members (excludes halogenated alkanes) is 19. The van der Waals surface area contributed by atoms with Crippen molar-refractivity contribution >= 4 is 13.8 Å². The molecule has 0 amide bonds. The van der Waals surface area contributed by atoms with Crippen molar-refractivity contribution in [3.05, 3.63) is 60.8 Å². The third-order valence-corrected chi connectivity index (χ3v) is 10.2. The summed E-state index contributed by atoms with van der Waals surface area (Å²) in [5.41, 5.74) is 5.37. The van der Waals surface area contributed by atoms with Crippen LogP contribution in [0.3, 0.4) is 0 Å². The van der Waals surface area contributed by atoms with Crippen LogP contribution in [0.5, 0.6) is 0 Å². The Morgan fingerprint density at radius 1 is 0.564 bits per heavy atom. The molecule has 0 aromatic heterocycles. The predicted molar refractivity (Wildman–Crippen MR) is 233 cm³/mol. The lowest BCUT2D eigenvalue weighted by Crippen LogP contribution is -2.28. The number of rotatable bonds is 42. The van der Waals surface area contributed by atoms with E-state index in [9.17, 15) is 14.3 Å². The molecule has 0 bridgehead atoms. The minimum absolute atomic E-state index is 0.0966. The summed E-state index contributed by atoms with van der Waals surface area (Å²) in [5.74, 6) is -0.339. The van der Waals surface area contributed by atoms with Gasteiger partial charge in [0.1, 0.15) is 6.10 Å². The number of nitrogens with two attached hydrogens (primary N) is 1. The number of hydrogen-bond donors (Lipinski definition) is 2. The van der Waals surface area contributed by atoms with Gasteiger partial charge in [-0.25, -0.2) is 4.57 Å². The maximum Gasteiger partial charge on any atom is 0.472 e. The van der Waals surface area contributed by atoms with E-state index in [1.807, 2.05) is 0 Å². The number of allylic oxidation sites excluding steroid dienone is 10. The lowest BCUT2D eigenvalue weighted by molar-refractivity contribution is -0.154. The minimum atomic E-state index is -4.28. The highest BCUT2D eigenvalue weighted by molar-refractivity contribution is 7.47. The Morgan fingerprint density at radius 2 is 1.02 bits per heavy atom. The Morgan fingerprint density at radius 3 is 1.55 bits per heavy atom. The van der Waals surface area contributed by atoms with E-state index in [0.29, 0.717) is 13.0 Å². The molecule has 9 heteroatoms. The van der Waals surface area contributed by atoms with Gasteiger partial charge in [0.05, 0.1) is 19.8 Å². The van der Waals surface area contributed by atoms with Gasteiger partial charge in [-0.1, -0.05) is 164 Å². The van der Waals surface area contributed by atoms with Crippen molar-refractivity contribution in [3.63, 3.8) is 0 Å². The zero-order chi connectivity index (χ0) is 40.2. The van der Waals surface area contributed by atoms with Crippen molar-refractivity contribution < 1.29 is 32.8 Å². The SMILES string of the molecule is CC/C=C\C/C=C\C/C=C\C/C=C\CCCCCCCCCCCCC(=O)OC(COCCCCCCCC/C=C\CCCCC)COP(=O)(O)OCCN. The molecule has 2 unspecified atom stereocenters. The van der Waals surface area contributed by atoms with E-state index in [0.717, 1.165) is 57.8 Å². The highest BCUT2D eigenvalue weighted by atomic mass is 31.2. The second-order valence-corrected chi connectivity index (χ2v) is 16.0. The molecule has 0 aliphatic rings. The maximum absolute atomic E-state index is 12.6. The quantitative estimate of drug-likeness (QED) is 0.0271. The fourth-order valence-corrected chi connectivity index (χ4v) is 6.69. The molecule has 2 atom stereocenters. The Hall–Kier alpha value is -1.80. The van der Waals surface area contributed by atoms with Crippen LogP contribution < -0.4 is 5.73 Å². The monoisotopic (exact) mass is 794 g/mol. The van der Waals surface area contributed by atoms with E-state index in [4.69, 9.17) is 24.3 Å². The molecule has 0 aromatic rings. The van der Waals surface area contributed by atoms with Gasteiger partial charge in [-0.05, 0) is 77.0 Å². The zero-order valence-corrected chi connectivity index (χ0v) is 36.3. The van der Waals surface area contributed by atoms with Crippen molar-refractivity contribution in [2.75, 3.05) is 33.0 Å². The Labute approximate surface area is 338 Å². The second-order valence-electron chi connectivity index (χ2n) is 14.5. The Kier molecular flexibility index (Phi) is 41.9. The van der Waals surface area contributed by atoms with Gasteiger partial charge in [0.25, 0.3) is 0 Å². The van der Waals surface area contributed by atoms with Crippen LogP contribution in [0.15, 0.2) is 60.8 Å². The van der Waals surface area contributed by atoms with Crippen molar-refractivity contribution in [1.82, 2.24) is 0 Å². The number of ether oxygens (including phenoxy) is 2. The lowest BCUT2D eigenvalue weighted by Gasteiger charge is -2.20. The molecule has 0 saturated heterocycles. The van der Waals surface area contributed by atoms with E-state index in [1.165, 1.54) is 109 Å². The maximum atomic E-state index is 12.6. The van der Waals surface area contributed by atoms with E-state index >= 15 is 0 Å². The molecular weight excluding hydrogens is 709 g/mol. The van der Waals surface area contributed by atoms with E-state index < -0.39 is 13.9 Å². The van der Waals surface area contributed by atoms with Crippen LogP contribution >= 0.6 is 7.82 Å². The Bertz CT molecular complexity index is 1030. The van der Waals surface area contributed by atoms with Crippen LogP contribution in [-0.4, -0.2) is 49.9 Å². The number of phosphoric acid groups is 1. The summed E-state index contributed by atoms with van der Waals surface area (Å²) >= 11 is 0. The summed E-state index contributed by atoms with van der Waals surface area (Å²) in [5, 5.41) is 0. The van der Waals surface area contributed by atoms with Gasteiger partial charge in [0.2, 0.25) is 0 Å². The summed E-state index contributed by atoms with van der Waals surface area (Å²) in [6, 6.07) is 0. The average Bonchev–Trinajstić information content (AvgIpc) is 3.17. The molecule has 0 heterocycles. The van der Waals surface area contributed by atoms with Crippen LogP contribution in [0, 0.1) is 0 Å². The van der Waals surface area contributed by atoms with Crippen molar-refractivity contribution in [2.45, 2.75) is 193 Å². The van der Waals surface area contributed by atoms with Gasteiger partial charge in [0, 0.05) is 19.6 Å². The van der Waals surface area contributed by atoms with Crippen LogP contribution in [0.2, 0.25) is 0 Å².